The van der Waals surface area contributed by atoms with Gasteiger partial charge in [0.1, 0.15) is 17.5 Å². The summed E-state index contributed by atoms with van der Waals surface area (Å²) >= 11 is 6.86. The molecule has 43 heavy (non-hydrogen) atoms. The summed E-state index contributed by atoms with van der Waals surface area (Å²) < 4.78 is 34.6. The first-order valence-electron chi connectivity index (χ1n) is 14.2. The van der Waals surface area contributed by atoms with Gasteiger partial charge in [0.15, 0.2) is 0 Å². The van der Waals surface area contributed by atoms with Crippen molar-refractivity contribution in [3.63, 3.8) is 0 Å². The number of pyridine rings is 1. The second-order valence-corrected chi connectivity index (χ2v) is 11.2. The van der Waals surface area contributed by atoms with Gasteiger partial charge in [0.2, 0.25) is 17.8 Å². The molecule has 3 amide bonds. The van der Waals surface area contributed by atoms with E-state index in [1.54, 1.807) is 28.9 Å². The Labute approximate surface area is 252 Å². The number of hydrogen-bond donors (Lipinski definition) is 1. The number of likely N-dealkylation sites (tertiary alicyclic amines) is 2. The molecule has 1 atom stereocenters. The number of fused-ring (bicyclic) bond motifs is 1. The summed E-state index contributed by atoms with van der Waals surface area (Å²) in [5, 5.41) is 3.13. The third-order valence-electron chi connectivity index (χ3n) is 7.89. The molecule has 0 spiro atoms. The highest BCUT2D eigenvalue weighted by Gasteiger charge is 2.29. The number of benzene rings is 1. The molecule has 2 aliphatic heterocycles. The molecule has 0 radical (unpaired) electrons. The zero-order valence-corrected chi connectivity index (χ0v) is 24.5. The van der Waals surface area contributed by atoms with Crippen LogP contribution in [0.15, 0.2) is 43.1 Å². The molecular formula is C30H33ClF2N6O4. The SMILES string of the molecule is C=CC(=O)N1CCCCC(n2c(NC(=O)c3ccnc(C(F)F)c3)nc3cc(OC4CCN(C(C)=O)CC4)cc(Cl)c32)C1. The molecule has 13 heteroatoms. The fraction of sp³-hybridized carbons (Fsp3) is 0.433. The average Bonchev–Trinajstić information content (AvgIpc) is 3.17. The van der Waals surface area contributed by atoms with E-state index in [-0.39, 0.29) is 35.5 Å². The third kappa shape index (κ3) is 6.79. The molecule has 1 N–H and O–H groups in total. The summed E-state index contributed by atoms with van der Waals surface area (Å²) in [4.78, 5) is 49.4. The lowest BCUT2D eigenvalue weighted by Crippen LogP contribution is -2.40. The van der Waals surface area contributed by atoms with Crippen LogP contribution in [0.25, 0.3) is 11.0 Å². The lowest BCUT2D eigenvalue weighted by Gasteiger charge is -2.31. The summed E-state index contributed by atoms with van der Waals surface area (Å²) in [5.41, 5.74) is 0.507. The molecule has 0 bridgehead atoms. The number of carbonyl (C=O) groups is 3. The van der Waals surface area contributed by atoms with Gasteiger partial charge in [-0.2, -0.15) is 0 Å². The molecular weight excluding hydrogens is 582 g/mol. The van der Waals surface area contributed by atoms with E-state index in [0.717, 1.165) is 25.1 Å². The van der Waals surface area contributed by atoms with Gasteiger partial charge in [0.25, 0.3) is 12.3 Å². The average molecular weight is 615 g/mol. The van der Waals surface area contributed by atoms with Crippen LogP contribution in [0.5, 0.6) is 5.75 Å². The zero-order valence-electron chi connectivity index (χ0n) is 23.8. The second-order valence-electron chi connectivity index (χ2n) is 10.8. The van der Waals surface area contributed by atoms with E-state index in [4.69, 9.17) is 21.3 Å². The third-order valence-corrected chi connectivity index (χ3v) is 8.18. The molecule has 3 aromatic rings. The van der Waals surface area contributed by atoms with E-state index in [1.165, 1.54) is 12.1 Å². The van der Waals surface area contributed by atoms with Crippen LogP contribution in [0.3, 0.4) is 0 Å². The summed E-state index contributed by atoms with van der Waals surface area (Å²) in [6.45, 7) is 7.28. The Balaban J connectivity index is 1.50. The van der Waals surface area contributed by atoms with Crippen molar-refractivity contribution < 1.29 is 27.9 Å². The van der Waals surface area contributed by atoms with Gasteiger partial charge >= 0.3 is 0 Å². The minimum Gasteiger partial charge on any atom is -0.490 e. The Morgan fingerprint density at radius 2 is 1.88 bits per heavy atom. The van der Waals surface area contributed by atoms with E-state index in [9.17, 15) is 23.2 Å². The van der Waals surface area contributed by atoms with Crippen molar-refractivity contribution in [1.82, 2.24) is 24.3 Å². The predicted octanol–water partition coefficient (Wildman–Crippen LogP) is 5.40. The van der Waals surface area contributed by atoms with Crippen LogP contribution in [0.4, 0.5) is 14.7 Å². The smallest absolute Gasteiger partial charge is 0.280 e. The van der Waals surface area contributed by atoms with Crippen molar-refractivity contribution in [2.45, 2.75) is 57.6 Å². The van der Waals surface area contributed by atoms with Gasteiger partial charge in [0.05, 0.1) is 22.1 Å². The number of nitrogens with zero attached hydrogens (tertiary/aromatic N) is 5. The van der Waals surface area contributed by atoms with Gasteiger partial charge in [-0.25, -0.2) is 13.8 Å². The van der Waals surface area contributed by atoms with Crippen molar-refractivity contribution in [2.24, 2.45) is 0 Å². The molecule has 2 fully saturated rings. The quantitative estimate of drug-likeness (QED) is 0.357. The van der Waals surface area contributed by atoms with Crippen molar-refractivity contribution in [3.8, 4) is 5.75 Å². The van der Waals surface area contributed by atoms with E-state index in [1.807, 2.05) is 4.57 Å². The highest BCUT2D eigenvalue weighted by molar-refractivity contribution is 6.35. The topological polar surface area (TPSA) is 110 Å². The van der Waals surface area contributed by atoms with Crippen LogP contribution in [0.2, 0.25) is 5.02 Å². The zero-order chi connectivity index (χ0) is 30.7. The minimum atomic E-state index is -2.83. The number of halogens is 3. The standard InChI is InChI=1S/C30H33ClF2N6O4/c1-3-26(41)38-11-5-4-6-20(17-38)39-27-23(31)15-22(43-21-8-12-37(13-9-21)18(2)40)16-24(27)35-30(39)36-29(42)19-7-10-34-25(14-19)28(32)33/h3,7,10,14-16,20-21,28H,1,4-6,8-9,11-13,17H2,2H3,(H,35,36,42). The van der Waals surface area contributed by atoms with Crippen molar-refractivity contribution in [3.05, 3.63) is 59.4 Å². The molecule has 2 aliphatic rings. The fourth-order valence-electron chi connectivity index (χ4n) is 5.69. The maximum absolute atomic E-state index is 13.3. The van der Waals surface area contributed by atoms with Crippen LogP contribution in [-0.2, 0) is 9.59 Å². The Kier molecular flexibility index (Phi) is 9.24. The number of nitrogens with one attached hydrogen (secondary N) is 1. The van der Waals surface area contributed by atoms with Crippen molar-refractivity contribution in [2.75, 3.05) is 31.5 Å². The van der Waals surface area contributed by atoms with E-state index in [0.29, 0.717) is 67.2 Å². The van der Waals surface area contributed by atoms with Gasteiger partial charge in [-0.05, 0) is 37.5 Å². The van der Waals surface area contributed by atoms with E-state index < -0.39 is 18.0 Å². The lowest BCUT2D eigenvalue weighted by molar-refractivity contribution is -0.130. The molecule has 228 valence electrons. The summed E-state index contributed by atoms with van der Waals surface area (Å²) in [6.07, 6.45) is 3.14. The number of anilines is 1. The number of carbonyl (C=O) groups excluding carboxylic acids is 3. The van der Waals surface area contributed by atoms with Gasteiger partial charge < -0.3 is 19.1 Å². The number of ether oxygens (including phenoxy) is 1. The molecule has 2 aromatic heterocycles. The van der Waals surface area contributed by atoms with E-state index in [2.05, 4.69) is 16.9 Å². The van der Waals surface area contributed by atoms with Gasteiger partial charge in [-0.1, -0.05) is 18.2 Å². The van der Waals surface area contributed by atoms with Gasteiger partial charge in [-0.15, -0.1) is 0 Å². The summed E-state index contributed by atoms with van der Waals surface area (Å²) in [5.74, 6) is -0.135. The van der Waals surface area contributed by atoms with Gasteiger partial charge in [-0.3, -0.25) is 24.7 Å². The van der Waals surface area contributed by atoms with Crippen LogP contribution in [-0.4, -0.2) is 74.3 Å². The monoisotopic (exact) mass is 614 g/mol. The van der Waals surface area contributed by atoms with Crippen LogP contribution in [0.1, 0.15) is 67.5 Å². The first-order valence-corrected chi connectivity index (χ1v) is 14.6. The molecule has 10 nitrogen and oxygen atoms in total. The number of hydrogen-bond acceptors (Lipinski definition) is 6. The Morgan fingerprint density at radius 3 is 2.58 bits per heavy atom. The highest BCUT2D eigenvalue weighted by atomic mass is 35.5. The Bertz CT molecular complexity index is 1540. The van der Waals surface area contributed by atoms with Crippen LogP contribution < -0.4 is 10.1 Å². The lowest BCUT2D eigenvalue weighted by atomic mass is 10.1. The number of piperidine rings is 1. The van der Waals surface area contributed by atoms with Crippen molar-refractivity contribution in [1.29, 1.82) is 0 Å². The number of imidazole rings is 1. The highest BCUT2D eigenvalue weighted by Crippen LogP contribution is 2.37. The molecule has 0 aliphatic carbocycles. The molecule has 1 unspecified atom stereocenters. The summed E-state index contributed by atoms with van der Waals surface area (Å²) in [6, 6.07) is 5.54. The van der Waals surface area contributed by atoms with Crippen LogP contribution in [0, 0.1) is 0 Å². The Morgan fingerprint density at radius 1 is 1.12 bits per heavy atom. The first-order chi connectivity index (χ1) is 20.6. The van der Waals surface area contributed by atoms with Gasteiger partial charge in [0, 0.05) is 69.8 Å². The Hall–Kier alpha value is -4.06. The molecule has 2 saturated heterocycles. The normalized spacial score (nSPS) is 18.0. The summed E-state index contributed by atoms with van der Waals surface area (Å²) in [7, 11) is 0. The molecule has 4 heterocycles. The van der Waals surface area contributed by atoms with Crippen LogP contribution >= 0.6 is 11.6 Å². The largest absolute Gasteiger partial charge is 0.490 e. The number of alkyl halides is 2. The fourth-order valence-corrected chi connectivity index (χ4v) is 5.99. The molecule has 0 saturated carbocycles. The molecule has 1 aromatic carbocycles. The maximum atomic E-state index is 13.3. The number of rotatable bonds is 7. The minimum absolute atomic E-state index is 0.000238. The second kappa shape index (κ2) is 13.1. The number of amides is 3. The molecule has 5 rings (SSSR count). The maximum Gasteiger partial charge on any atom is 0.280 e. The van der Waals surface area contributed by atoms with E-state index >= 15 is 0 Å². The predicted molar refractivity (Wildman–Crippen MR) is 157 cm³/mol. The number of aromatic nitrogens is 3. The van der Waals surface area contributed by atoms with Crippen molar-refractivity contribution >= 4 is 46.3 Å². The first kappa shape index (κ1) is 30.4.